The van der Waals surface area contributed by atoms with Crippen molar-refractivity contribution in [3.63, 3.8) is 0 Å². The van der Waals surface area contributed by atoms with Crippen LogP contribution in [-0.2, 0) is 16.4 Å². The lowest BCUT2D eigenvalue weighted by Gasteiger charge is -2.28. The largest absolute Gasteiger partial charge is 0.295 e. The summed E-state index contributed by atoms with van der Waals surface area (Å²) < 4.78 is 23.7. The maximum absolute atomic E-state index is 11.8. The van der Waals surface area contributed by atoms with E-state index < -0.39 is 9.84 Å². The molecule has 0 amide bonds. The Labute approximate surface area is 138 Å². The molecule has 1 unspecified atom stereocenters. The third-order valence-corrected chi connectivity index (χ3v) is 6.29. The van der Waals surface area contributed by atoms with Gasteiger partial charge in [-0.3, -0.25) is 9.88 Å². The maximum atomic E-state index is 11.8. The van der Waals surface area contributed by atoms with Crippen LogP contribution in [0.15, 0.2) is 30.3 Å². The van der Waals surface area contributed by atoms with Gasteiger partial charge in [0.25, 0.3) is 0 Å². The normalized spacial score (nSPS) is 20.4. The Morgan fingerprint density at radius 2 is 2.09 bits per heavy atom. The predicted octanol–water partition coefficient (Wildman–Crippen LogP) is 2.94. The number of para-hydroxylation sites is 1. The Morgan fingerprint density at radius 1 is 1.30 bits per heavy atom. The van der Waals surface area contributed by atoms with Crippen LogP contribution in [0, 0.1) is 6.92 Å². The second-order valence-electron chi connectivity index (χ2n) is 6.47. The van der Waals surface area contributed by atoms with Gasteiger partial charge < -0.3 is 0 Å². The minimum Gasteiger partial charge on any atom is -0.295 e. The Bertz CT molecular complexity index is 802. The Kier molecular flexibility index (Phi) is 4.69. The molecule has 124 valence electrons. The number of rotatable bonds is 5. The average molecular weight is 332 g/mol. The number of hydrogen-bond acceptors (Lipinski definition) is 4. The molecule has 1 aromatic carbocycles. The standard InChI is InChI=1S/C18H24N2O2S/c1-3-9-20(16-8-10-23(21,22)13-16)12-15-11-14(2)19-18-7-5-4-6-17(15)18/h4-7,11,16H,3,8-10,12-13H2,1-2H3. The first-order valence-electron chi connectivity index (χ1n) is 8.28. The summed E-state index contributed by atoms with van der Waals surface area (Å²) in [7, 11) is -2.86. The molecule has 0 aliphatic carbocycles. The molecule has 4 nitrogen and oxygen atoms in total. The quantitative estimate of drug-likeness (QED) is 0.845. The zero-order chi connectivity index (χ0) is 16.4. The fourth-order valence-corrected chi connectivity index (χ4v) is 5.25. The number of benzene rings is 1. The molecule has 1 fully saturated rings. The Morgan fingerprint density at radius 3 is 2.78 bits per heavy atom. The van der Waals surface area contributed by atoms with Gasteiger partial charge in [-0.15, -0.1) is 0 Å². The number of nitrogens with zero attached hydrogens (tertiary/aromatic N) is 2. The van der Waals surface area contributed by atoms with Crippen LogP contribution in [0.1, 0.15) is 31.0 Å². The van der Waals surface area contributed by atoms with Crippen LogP contribution in [0.3, 0.4) is 0 Å². The lowest BCUT2D eigenvalue weighted by Crippen LogP contribution is -2.36. The molecule has 3 rings (SSSR count). The monoisotopic (exact) mass is 332 g/mol. The molecule has 0 spiro atoms. The van der Waals surface area contributed by atoms with Gasteiger partial charge in [0.1, 0.15) is 0 Å². The Balaban J connectivity index is 1.91. The predicted molar refractivity (Wildman–Crippen MR) is 94.2 cm³/mol. The van der Waals surface area contributed by atoms with Gasteiger partial charge in [-0.05, 0) is 44.0 Å². The average Bonchev–Trinajstić information content (AvgIpc) is 2.86. The molecule has 0 N–H and O–H groups in total. The van der Waals surface area contributed by atoms with Crippen molar-refractivity contribution in [2.24, 2.45) is 0 Å². The number of aromatic nitrogens is 1. The highest BCUT2D eigenvalue weighted by atomic mass is 32.2. The van der Waals surface area contributed by atoms with Gasteiger partial charge in [0, 0.05) is 23.7 Å². The van der Waals surface area contributed by atoms with Crippen LogP contribution in [0.2, 0.25) is 0 Å². The topological polar surface area (TPSA) is 50.3 Å². The van der Waals surface area contributed by atoms with Crippen molar-refractivity contribution in [1.82, 2.24) is 9.88 Å². The zero-order valence-corrected chi connectivity index (χ0v) is 14.6. The van der Waals surface area contributed by atoms with Crippen molar-refractivity contribution < 1.29 is 8.42 Å². The molecule has 0 radical (unpaired) electrons. The summed E-state index contributed by atoms with van der Waals surface area (Å²) in [6.45, 7) is 5.88. The summed E-state index contributed by atoms with van der Waals surface area (Å²) in [5.74, 6) is 0.628. The fourth-order valence-electron chi connectivity index (χ4n) is 3.49. The molecule has 2 aromatic rings. The van der Waals surface area contributed by atoms with E-state index in [-0.39, 0.29) is 6.04 Å². The van der Waals surface area contributed by atoms with Gasteiger partial charge in [0.15, 0.2) is 9.84 Å². The van der Waals surface area contributed by atoms with Crippen LogP contribution in [0.25, 0.3) is 10.9 Å². The van der Waals surface area contributed by atoms with Gasteiger partial charge in [0.05, 0.1) is 17.0 Å². The van der Waals surface area contributed by atoms with Crippen molar-refractivity contribution in [1.29, 1.82) is 0 Å². The summed E-state index contributed by atoms with van der Waals surface area (Å²) in [5, 5.41) is 1.17. The zero-order valence-electron chi connectivity index (χ0n) is 13.8. The molecule has 1 aliphatic rings. The molecule has 1 aromatic heterocycles. The molecule has 1 saturated heterocycles. The van der Waals surface area contributed by atoms with Gasteiger partial charge >= 0.3 is 0 Å². The summed E-state index contributed by atoms with van der Waals surface area (Å²) in [6.07, 6.45) is 1.78. The fraction of sp³-hybridized carbons (Fsp3) is 0.500. The van der Waals surface area contributed by atoms with E-state index in [4.69, 9.17) is 0 Å². The molecular weight excluding hydrogens is 308 g/mol. The van der Waals surface area contributed by atoms with Crippen LogP contribution in [-0.4, -0.2) is 42.4 Å². The van der Waals surface area contributed by atoms with E-state index >= 15 is 0 Å². The van der Waals surface area contributed by atoms with E-state index in [0.717, 1.165) is 37.1 Å². The first kappa shape index (κ1) is 16.4. The van der Waals surface area contributed by atoms with Crippen LogP contribution >= 0.6 is 0 Å². The van der Waals surface area contributed by atoms with E-state index in [9.17, 15) is 8.42 Å². The SMILES string of the molecule is CCCN(Cc1cc(C)nc2ccccc12)C1CCS(=O)(=O)C1. The summed E-state index contributed by atoms with van der Waals surface area (Å²) >= 11 is 0. The molecular formula is C18H24N2O2S. The first-order valence-corrected chi connectivity index (χ1v) is 10.1. The third-order valence-electron chi connectivity index (χ3n) is 4.54. The first-order chi connectivity index (χ1) is 11.0. The number of fused-ring (bicyclic) bond motifs is 1. The molecule has 2 heterocycles. The number of sulfone groups is 1. The number of hydrogen-bond donors (Lipinski definition) is 0. The number of pyridine rings is 1. The van der Waals surface area contributed by atoms with E-state index in [1.165, 1.54) is 10.9 Å². The second-order valence-corrected chi connectivity index (χ2v) is 8.70. The minimum absolute atomic E-state index is 0.146. The van der Waals surface area contributed by atoms with Gasteiger partial charge in [-0.25, -0.2) is 8.42 Å². The van der Waals surface area contributed by atoms with Crippen molar-refractivity contribution in [2.45, 2.75) is 39.3 Å². The lowest BCUT2D eigenvalue weighted by molar-refractivity contribution is 0.204. The second kappa shape index (κ2) is 6.57. The molecule has 23 heavy (non-hydrogen) atoms. The van der Waals surface area contributed by atoms with Crippen LogP contribution in [0.4, 0.5) is 0 Å². The molecule has 5 heteroatoms. The molecule has 0 bridgehead atoms. The van der Waals surface area contributed by atoms with Gasteiger partial charge in [-0.2, -0.15) is 0 Å². The van der Waals surface area contributed by atoms with E-state index in [2.05, 4.69) is 28.9 Å². The summed E-state index contributed by atoms with van der Waals surface area (Å²) in [4.78, 5) is 6.93. The van der Waals surface area contributed by atoms with Crippen molar-refractivity contribution in [3.05, 3.63) is 41.6 Å². The molecule has 0 saturated carbocycles. The highest BCUT2D eigenvalue weighted by Gasteiger charge is 2.32. The van der Waals surface area contributed by atoms with Gasteiger partial charge in [-0.1, -0.05) is 25.1 Å². The van der Waals surface area contributed by atoms with Crippen LogP contribution < -0.4 is 0 Å². The summed E-state index contributed by atoms with van der Waals surface area (Å²) in [6, 6.07) is 10.5. The molecule has 1 aliphatic heterocycles. The minimum atomic E-state index is -2.86. The highest BCUT2D eigenvalue weighted by molar-refractivity contribution is 7.91. The highest BCUT2D eigenvalue weighted by Crippen LogP contribution is 2.24. The van der Waals surface area contributed by atoms with Crippen molar-refractivity contribution in [3.8, 4) is 0 Å². The third kappa shape index (κ3) is 3.72. The maximum Gasteiger partial charge on any atom is 0.151 e. The summed E-state index contributed by atoms with van der Waals surface area (Å²) in [5.41, 5.74) is 3.26. The van der Waals surface area contributed by atoms with Crippen LogP contribution in [0.5, 0.6) is 0 Å². The van der Waals surface area contributed by atoms with E-state index in [1.807, 2.05) is 25.1 Å². The number of aryl methyl sites for hydroxylation is 1. The van der Waals surface area contributed by atoms with Crippen molar-refractivity contribution >= 4 is 20.7 Å². The van der Waals surface area contributed by atoms with Gasteiger partial charge in [0.2, 0.25) is 0 Å². The van der Waals surface area contributed by atoms with E-state index in [0.29, 0.717) is 11.5 Å². The lowest BCUT2D eigenvalue weighted by atomic mass is 10.1. The molecule has 1 atom stereocenters. The smallest absolute Gasteiger partial charge is 0.151 e. The van der Waals surface area contributed by atoms with Crippen molar-refractivity contribution in [2.75, 3.05) is 18.1 Å². The Hall–Kier alpha value is -1.46. The van der Waals surface area contributed by atoms with E-state index in [1.54, 1.807) is 0 Å².